The van der Waals surface area contributed by atoms with Crippen LogP contribution in [0, 0.1) is 0 Å². The normalized spacial score (nSPS) is 14.2. The average Bonchev–Trinajstić information content (AvgIpc) is 2.74. The van der Waals surface area contributed by atoms with E-state index >= 15 is 0 Å². The van der Waals surface area contributed by atoms with Gasteiger partial charge in [0.05, 0.1) is 25.1 Å². The molecule has 0 radical (unpaired) electrons. The van der Waals surface area contributed by atoms with Crippen LogP contribution in [0.3, 0.4) is 0 Å². The van der Waals surface area contributed by atoms with Crippen LogP contribution in [-0.2, 0) is 11.3 Å². The van der Waals surface area contributed by atoms with Crippen molar-refractivity contribution in [3.63, 3.8) is 0 Å². The van der Waals surface area contributed by atoms with Crippen LogP contribution in [0.25, 0.3) is 11.5 Å². The Morgan fingerprint density at radius 3 is 2.73 bits per heavy atom. The van der Waals surface area contributed by atoms with E-state index in [-0.39, 0.29) is 0 Å². The maximum absolute atomic E-state index is 5.81. The summed E-state index contributed by atoms with van der Waals surface area (Å²) in [7, 11) is 0. The Labute approximate surface area is 151 Å². The predicted molar refractivity (Wildman–Crippen MR) is 96.9 cm³/mol. The summed E-state index contributed by atoms with van der Waals surface area (Å²) in [5, 5.41) is 0. The second-order valence-corrected chi connectivity index (χ2v) is 5.83. The molecule has 7 nitrogen and oxygen atoms in total. The molecule has 0 saturated carbocycles. The molecule has 1 saturated heterocycles. The molecule has 0 spiro atoms. The minimum absolute atomic E-state index is 0.339. The Bertz CT molecular complexity index is 839. The lowest BCUT2D eigenvalue weighted by Gasteiger charge is -2.28. The van der Waals surface area contributed by atoms with E-state index in [0.29, 0.717) is 31.4 Å². The zero-order valence-electron chi connectivity index (χ0n) is 14.3. The molecule has 4 heterocycles. The van der Waals surface area contributed by atoms with Crippen molar-refractivity contribution in [2.24, 2.45) is 0 Å². The summed E-state index contributed by atoms with van der Waals surface area (Å²) in [5.41, 5.74) is 1.54. The molecular formula is C19H19N5O2. The Hall–Kier alpha value is -3.06. The number of hydrogen-bond donors (Lipinski definition) is 0. The van der Waals surface area contributed by atoms with Crippen molar-refractivity contribution in [1.82, 2.24) is 19.9 Å². The molecule has 0 amide bonds. The lowest BCUT2D eigenvalue weighted by molar-refractivity contribution is 0.122. The molecule has 0 unspecified atom stereocenters. The fourth-order valence-corrected chi connectivity index (χ4v) is 2.71. The third-order valence-corrected chi connectivity index (χ3v) is 4.02. The molecule has 3 aromatic heterocycles. The third kappa shape index (κ3) is 3.94. The topological polar surface area (TPSA) is 73.3 Å². The van der Waals surface area contributed by atoms with Crippen LogP contribution in [0.2, 0.25) is 0 Å². The quantitative estimate of drug-likeness (QED) is 0.700. The Morgan fingerprint density at radius 2 is 1.96 bits per heavy atom. The molecule has 3 aromatic rings. The van der Waals surface area contributed by atoms with Gasteiger partial charge in [-0.05, 0) is 24.3 Å². The van der Waals surface area contributed by atoms with Gasteiger partial charge in [0.15, 0.2) is 5.82 Å². The van der Waals surface area contributed by atoms with Gasteiger partial charge in [0, 0.05) is 31.5 Å². The SMILES string of the molecule is c1ccc(-c2nc(COc3cccnc3)cc(N3CCOCC3)n2)nc1. The average molecular weight is 349 g/mol. The standard InChI is InChI=1S/C19H19N5O2/c1-2-7-21-17(5-1)19-22-15(14-26-16-4-3-6-20-13-16)12-18(23-19)24-8-10-25-11-9-24/h1-7,12-13H,8-11,14H2. The molecule has 132 valence electrons. The van der Waals surface area contributed by atoms with E-state index in [0.717, 1.165) is 30.3 Å². The highest BCUT2D eigenvalue weighted by Gasteiger charge is 2.16. The fourth-order valence-electron chi connectivity index (χ4n) is 2.71. The number of rotatable bonds is 5. The molecule has 1 aliphatic heterocycles. The van der Waals surface area contributed by atoms with Crippen molar-refractivity contribution in [3.05, 3.63) is 60.7 Å². The van der Waals surface area contributed by atoms with Crippen LogP contribution in [0.4, 0.5) is 5.82 Å². The van der Waals surface area contributed by atoms with Gasteiger partial charge in [-0.1, -0.05) is 6.07 Å². The Kier molecular flexibility index (Phi) is 4.97. The lowest BCUT2D eigenvalue weighted by atomic mass is 10.3. The van der Waals surface area contributed by atoms with Crippen LogP contribution in [0.1, 0.15) is 5.69 Å². The number of anilines is 1. The highest BCUT2D eigenvalue weighted by Crippen LogP contribution is 2.20. The molecule has 0 bridgehead atoms. The summed E-state index contributed by atoms with van der Waals surface area (Å²) in [6.45, 7) is 3.35. The first kappa shape index (κ1) is 16.4. The number of morpholine rings is 1. The number of nitrogens with zero attached hydrogens (tertiary/aromatic N) is 5. The molecule has 26 heavy (non-hydrogen) atoms. The van der Waals surface area contributed by atoms with Gasteiger partial charge < -0.3 is 14.4 Å². The number of aromatic nitrogens is 4. The van der Waals surface area contributed by atoms with Crippen molar-refractivity contribution >= 4 is 5.82 Å². The molecule has 1 fully saturated rings. The van der Waals surface area contributed by atoms with Gasteiger partial charge in [-0.2, -0.15) is 0 Å². The van der Waals surface area contributed by atoms with Gasteiger partial charge in [0.25, 0.3) is 0 Å². The highest BCUT2D eigenvalue weighted by molar-refractivity contribution is 5.53. The largest absolute Gasteiger partial charge is 0.486 e. The Balaban J connectivity index is 1.63. The third-order valence-electron chi connectivity index (χ3n) is 4.02. The van der Waals surface area contributed by atoms with Crippen LogP contribution >= 0.6 is 0 Å². The van der Waals surface area contributed by atoms with Crippen molar-refractivity contribution in [2.75, 3.05) is 31.2 Å². The van der Waals surface area contributed by atoms with Gasteiger partial charge in [0.2, 0.25) is 0 Å². The molecule has 4 rings (SSSR count). The Morgan fingerprint density at radius 1 is 1.04 bits per heavy atom. The van der Waals surface area contributed by atoms with Crippen molar-refractivity contribution < 1.29 is 9.47 Å². The van der Waals surface area contributed by atoms with Crippen LogP contribution in [-0.4, -0.2) is 46.2 Å². The van der Waals surface area contributed by atoms with E-state index in [1.807, 2.05) is 36.4 Å². The van der Waals surface area contributed by atoms with E-state index in [1.165, 1.54) is 0 Å². The minimum atomic E-state index is 0.339. The van der Waals surface area contributed by atoms with Crippen molar-refractivity contribution in [3.8, 4) is 17.3 Å². The van der Waals surface area contributed by atoms with Gasteiger partial charge >= 0.3 is 0 Å². The smallest absolute Gasteiger partial charge is 0.180 e. The van der Waals surface area contributed by atoms with E-state index in [2.05, 4.69) is 19.9 Å². The van der Waals surface area contributed by atoms with E-state index in [9.17, 15) is 0 Å². The van der Waals surface area contributed by atoms with Gasteiger partial charge in [0.1, 0.15) is 23.9 Å². The monoisotopic (exact) mass is 349 g/mol. The first-order chi connectivity index (χ1) is 12.9. The van der Waals surface area contributed by atoms with Crippen LogP contribution < -0.4 is 9.64 Å². The first-order valence-corrected chi connectivity index (χ1v) is 8.53. The molecule has 0 atom stereocenters. The summed E-state index contributed by atoms with van der Waals surface area (Å²) in [4.78, 5) is 20.0. The molecular weight excluding hydrogens is 330 g/mol. The summed E-state index contributed by atoms with van der Waals surface area (Å²) < 4.78 is 11.3. The van der Waals surface area contributed by atoms with Crippen LogP contribution in [0.15, 0.2) is 55.0 Å². The molecule has 1 aliphatic rings. The van der Waals surface area contributed by atoms with E-state index in [1.54, 1.807) is 18.6 Å². The minimum Gasteiger partial charge on any atom is -0.486 e. The molecule has 0 N–H and O–H groups in total. The first-order valence-electron chi connectivity index (χ1n) is 8.53. The number of hydrogen-bond acceptors (Lipinski definition) is 7. The lowest BCUT2D eigenvalue weighted by Crippen LogP contribution is -2.37. The van der Waals surface area contributed by atoms with Gasteiger partial charge in [-0.3, -0.25) is 9.97 Å². The highest BCUT2D eigenvalue weighted by atomic mass is 16.5. The van der Waals surface area contributed by atoms with E-state index < -0.39 is 0 Å². The molecule has 0 aliphatic carbocycles. The second-order valence-electron chi connectivity index (χ2n) is 5.83. The van der Waals surface area contributed by atoms with Gasteiger partial charge in [-0.15, -0.1) is 0 Å². The predicted octanol–water partition coefficient (Wildman–Crippen LogP) is 2.35. The zero-order valence-corrected chi connectivity index (χ0v) is 14.3. The number of pyridine rings is 2. The summed E-state index contributed by atoms with van der Waals surface area (Å²) in [6, 6.07) is 11.4. The molecule has 7 heteroatoms. The van der Waals surface area contributed by atoms with E-state index in [4.69, 9.17) is 14.5 Å². The maximum Gasteiger partial charge on any atom is 0.180 e. The number of ether oxygens (including phenoxy) is 2. The zero-order chi connectivity index (χ0) is 17.6. The van der Waals surface area contributed by atoms with Crippen LogP contribution in [0.5, 0.6) is 5.75 Å². The van der Waals surface area contributed by atoms with Gasteiger partial charge in [-0.25, -0.2) is 9.97 Å². The maximum atomic E-state index is 5.81. The summed E-state index contributed by atoms with van der Waals surface area (Å²) in [6.07, 6.45) is 5.14. The fraction of sp³-hybridized carbons (Fsp3) is 0.263. The van der Waals surface area contributed by atoms with Crippen molar-refractivity contribution in [2.45, 2.75) is 6.61 Å². The summed E-state index contributed by atoms with van der Waals surface area (Å²) >= 11 is 0. The van der Waals surface area contributed by atoms with Crippen molar-refractivity contribution in [1.29, 1.82) is 0 Å². The second kappa shape index (κ2) is 7.88. The molecule has 0 aromatic carbocycles. The summed E-state index contributed by atoms with van der Waals surface area (Å²) in [5.74, 6) is 2.17.